The van der Waals surface area contributed by atoms with Crippen LogP contribution in [-0.2, 0) is 4.74 Å². The first-order chi connectivity index (χ1) is 11.1. The van der Waals surface area contributed by atoms with Gasteiger partial charge in [0.25, 0.3) is 0 Å². The molecule has 0 aliphatic rings. The van der Waals surface area contributed by atoms with Gasteiger partial charge in [-0.3, -0.25) is 0 Å². The summed E-state index contributed by atoms with van der Waals surface area (Å²) in [7, 11) is 1.52. The molecule has 0 spiro atoms. The molecule has 0 radical (unpaired) electrons. The second-order valence-electron chi connectivity index (χ2n) is 5.42. The molecule has 0 saturated heterocycles. The van der Waals surface area contributed by atoms with Crippen molar-refractivity contribution in [2.45, 2.75) is 20.0 Å². The van der Waals surface area contributed by atoms with Gasteiger partial charge in [-0.25, -0.2) is 9.78 Å². The molecule has 5 heteroatoms. The summed E-state index contributed by atoms with van der Waals surface area (Å²) >= 11 is 0. The van der Waals surface area contributed by atoms with Crippen LogP contribution in [0, 0.1) is 13.8 Å². The van der Waals surface area contributed by atoms with Crippen LogP contribution in [0.3, 0.4) is 0 Å². The van der Waals surface area contributed by atoms with Gasteiger partial charge in [-0.1, -0.05) is 30.3 Å². The summed E-state index contributed by atoms with van der Waals surface area (Å²) in [4.78, 5) is 16.2. The fourth-order valence-corrected chi connectivity index (χ4v) is 2.46. The molecule has 1 heterocycles. The summed E-state index contributed by atoms with van der Waals surface area (Å²) in [6, 6.07) is 13.5. The number of ether oxygens (including phenoxy) is 1. The van der Waals surface area contributed by atoms with Crippen LogP contribution in [0.1, 0.15) is 28.7 Å². The smallest absolute Gasteiger partial charge is 0.408 e. The Balaban J connectivity index is 2.09. The molecule has 5 nitrogen and oxygen atoms in total. The Bertz CT molecular complexity index is 854. The van der Waals surface area contributed by atoms with Crippen LogP contribution in [-0.4, -0.2) is 18.1 Å². The fourth-order valence-electron chi connectivity index (χ4n) is 2.46. The highest BCUT2D eigenvalue weighted by atomic mass is 16.6. The number of amides is 1. The van der Waals surface area contributed by atoms with Gasteiger partial charge in [-0.05, 0) is 37.1 Å². The van der Waals surface area contributed by atoms with Gasteiger partial charge in [0.15, 0.2) is 5.58 Å². The molecular weight excluding hydrogens is 292 g/mol. The second kappa shape index (κ2) is 6.12. The monoisotopic (exact) mass is 310 g/mol. The van der Waals surface area contributed by atoms with Crippen molar-refractivity contribution in [2.75, 3.05) is 7.05 Å². The number of benzene rings is 2. The number of oxazole rings is 1. The van der Waals surface area contributed by atoms with E-state index in [9.17, 15) is 4.79 Å². The molecule has 3 rings (SSSR count). The number of aryl methyl sites for hydroxylation is 2. The molecule has 1 unspecified atom stereocenters. The Morgan fingerprint density at radius 1 is 1.22 bits per heavy atom. The Hall–Kier alpha value is -2.82. The topological polar surface area (TPSA) is 64.4 Å². The number of rotatable bonds is 3. The number of hydrogen-bond acceptors (Lipinski definition) is 4. The number of carbonyl (C=O) groups is 1. The summed E-state index contributed by atoms with van der Waals surface area (Å²) < 4.78 is 11.4. The summed E-state index contributed by atoms with van der Waals surface area (Å²) in [6.07, 6.45) is -1.22. The molecule has 1 amide bonds. The number of aromatic nitrogens is 1. The summed E-state index contributed by atoms with van der Waals surface area (Å²) in [5.41, 5.74) is 4.35. The summed E-state index contributed by atoms with van der Waals surface area (Å²) in [5, 5.41) is 2.47. The highest BCUT2D eigenvalue weighted by Crippen LogP contribution is 2.30. The van der Waals surface area contributed by atoms with Crippen LogP contribution < -0.4 is 5.32 Å². The van der Waals surface area contributed by atoms with Crippen molar-refractivity contribution < 1.29 is 13.9 Å². The average molecular weight is 310 g/mol. The Labute approximate surface area is 134 Å². The SMILES string of the molecule is CNC(=O)OC(c1nc2ccc(C)cc2o1)c1ccccc1C. The molecule has 0 saturated carbocycles. The van der Waals surface area contributed by atoms with E-state index in [2.05, 4.69) is 10.3 Å². The van der Waals surface area contributed by atoms with Gasteiger partial charge >= 0.3 is 6.09 Å². The lowest BCUT2D eigenvalue weighted by Gasteiger charge is -2.16. The lowest BCUT2D eigenvalue weighted by Crippen LogP contribution is -2.23. The van der Waals surface area contributed by atoms with Crippen molar-refractivity contribution in [1.29, 1.82) is 0 Å². The van der Waals surface area contributed by atoms with E-state index in [4.69, 9.17) is 9.15 Å². The van der Waals surface area contributed by atoms with Crippen molar-refractivity contribution in [2.24, 2.45) is 0 Å². The van der Waals surface area contributed by atoms with Crippen LogP contribution in [0.15, 0.2) is 46.9 Å². The van der Waals surface area contributed by atoms with Gasteiger partial charge in [0.05, 0.1) is 0 Å². The van der Waals surface area contributed by atoms with Crippen molar-refractivity contribution in [1.82, 2.24) is 10.3 Å². The standard InChI is InChI=1S/C18H18N2O3/c1-11-8-9-14-15(10-11)22-17(20-14)16(23-18(21)19-3)13-7-5-4-6-12(13)2/h4-10,16H,1-3H3,(H,19,21). The molecule has 1 N–H and O–H groups in total. The Morgan fingerprint density at radius 3 is 2.74 bits per heavy atom. The predicted molar refractivity (Wildman–Crippen MR) is 87.3 cm³/mol. The number of alkyl carbamates (subject to hydrolysis) is 1. The number of nitrogens with one attached hydrogen (secondary N) is 1. The van der Waals surface area contributed by atoms with Crippen LogP contribution in [0.25, 0.3) is 11.1 Å². The maximum absolute atomic E-state index is 11.7. The van der Waals surface area contributed by atoms with Crippen LogP contribution >= 0.6 is 0 Å². The normalized spacial score (nSPS) is 12.1. The van der Waals surface area contributed by atoms with E-state index in [1.54, 1.807) is 0 Å². The number of nitrogens with zero attached hydrogens (tertiary/aromatic N) is 1. The fraction of sp³-hybridized carbons (Fsp3) is 0.222. The first kappa shape index (κ1) is 15.1. The van der Waals surface area contributed by atoms with Gasteiger partial charge in [-0.2, -0.15) is 0 Å². The lowest BCUT2D eigenvalue weighted by molar-refractivity contribution is 0.105. The van der Waals surface area contributed by atoms with E-state index < -0.39 is 12.2 Å². The van der Waals surface area contributed by atoms with Gasteiger partial charge < -0.3 is 14.5 Å². The molecule has 1 aromatic heterocycles. The van der Waals surface area contributed by atoms with E-state index in [1.807, 2.05) is 56.3 Å². The van der Waals surface area contributed by atoms with E-state index >= 15 is 0 Å². The minimum atomic E-state index is -0.691. The molecule has 3 aromatic rings. The molecule has 0 bridgehead atoms. The van der Waals surface area contributed by atoms with Gasteiger partial charge in [-0.15, -0.1) is 0 Å². The Morgan fingerprint density at radius 2 is 2.00 bits per heavy atom. The lowest BCUT2D eigenvalue weighted by atomic mass is 10.0. The molecular formula is C18H18N2O3. The minimum absolute atomic E-state index is 0.364. The number of hydrogen-bond donors (Lipinski definition) is 1. The third-order valence-corrected chi connectivity index (χ3v) is 3.68. The zero-order valence-corrected chi connectivity index (χ0v) is 13.3. The predicted octanol–water partition coefficient (Wildman–Crippen LogP) is 3.89. The maximum atomic E-state index is 11.7. The highest BCUT2D eigenvalue weighted by Gasteiger charge is 2.25. The third-order valence-electron chi connectivity index (χ3n) is 3.68. The molecule has 0 aliphatic carbocycles. The highest BCUT2D eigenvalue weighted by molar-refractivity contribution is 5.73. The van der Waals surface area contributed by atoms with E-state index in [1.165, 1.54) is 7.05 Å². The van der Waals surface area contributed by atoms with Crippen molar-refractivity contribution in [3.8, 4) is 0 Å². The number of fused-ring (bicyclic) bond motifs is 1. The molecule has 23 heavy (non-hydrogen) atoms. The molecule has 0 aliphatic heterocycles. The minimum Gasteiger partial charge on any atom is -0.436 e. The van der Waals surface area contributed by atoms with Crippen LogP contribution in [0.5, 0.6) is 0 Å². The first-order valence-corrected chi connectivity index (χ1v) is 7.39. The van der Waals surface area contributed by atoms with Crippen molar-refractivity contribution in [3.05, 3.63) is 65.0 Å². The zero-order valence-electron chi connectivity index (χ0n) is 13.3. The van der Waals surface area contributed by atoms with E-state index in [0.717, 1.165) is 22.2 Å². The Kier molecular flexibility index (Phi) is 4.02. The average Bonchev–Trinajstić information content (AvgIpc) is 2.96. The largest absolute Gasteiger partial charge is 0.436 e. The zero-order chi connectivity index (χ0) is 16.4. The molecule has 0 fully saturated rings. The van der Waals surface area contributed by atoms with Crippen LogP contribution in [0.4, 0.5) is 4.79 Å². The number of carbonyl (C=O) groups excluding carboxylic acids is 1. The maximum Gasteiger partial charge on any atom is 0.408 e. The quantitative estimate of drug-likeness (QED) is 0.797. The van der Waals surface area contributed by atoms with Crippen molar-refractivity contribution in [3.63, 3.8) is 0 Å². The first-order valence-electron chi connectivity index (χ1n) is 7.39. The second-order valence-corrected chi connectivity index (χ2v) is 5.42. The third kappa shape index (κ3) is 3.04. The van der Waals surface area contributed by atoms with Crippen molar-refractivity contribution >= 4 is 17.2 Å². The van der Waals surface area contributed by atoms with Crippen LogP contribution in [0.2, 0.25) is 0 Å². The van der Waals surface area contributed by atoms with Gasteiger partial charge in [0.1, 0.15) is 5.52 Å². The van der Waals surface area contributed by atoms with E-state index in [0.29, 0.717) is 11.5 Å². The summed E-state index contributed by atoms with van der Waals surface area (Å²) in [5.74, 6) is 0.364. The molecule has 2 aromatic carbocycles. The van der Waals surface area contributed by atoms with Gasteiger partial charge in [0, 0.05) is 12.6 Å². The molecule has 1 atom stereocenters. The molecule has 118 valence electrons. The van der Waals surface area contributed by atoms with Gasteiger partial charge in [0.2, 0.25) is 12.0 Å². The van der Waals surface area contributed by atoms with E-state index in [-0.39, 0.29) is 0 Å². The summed E-state index contributed by atoms with van der Waals surface area (Å²) in [6.45, 7) is 3.95.